The second-order valence-corrected chi connectivity index (χ2v) is 9.56. The maximum absolute atomic E-state index is 13.2. The number of ether oxygens (including phenoxy) is 2. The number of carbonyl (C=O) groups excluding carboxylic acids is 2. The summed E-state index contributed by atoms with van der Waals surface area (Å²) in [5.74, 6) is -0.481. The Hall–Kier alpha value is -4.09. The molecule has 0 bridgehead atoms. The lowest BCUT2D eigenvalue weighted by Crippen LogP contribution is -2.19. The van der Waals surface area contributed by atoms with E-state index < -0.39 is 11.9 Å². The largest absolute Gasteiger partial charge is 0.493 e. The fraction of sp³-hybridized carbons (Fsp3) is 0.0357. The number of fused-ring (bicyclic) bond motifs is 1. The van der Waals surface area contributed by atoms with Crippen molar-refractivity contribution in [1.29, 1.82) is 0 Å². The van der Waals surface area contributed by atoms with E-state index in [0.717, 1.165) is 20.0 Å². The van der Waals surface area contributed by atoms with Crippen molar-refractivity contribution in [2.45, 2.75) is 0 Å². The molecule has 0 unspecified atom stereocenters. The number of carbonyl (C=O) groups is 2. The molecule has 0 atom stereocenters. The van der Waals surface area contributed by atoms with Gasteiger partial charge in [-0.05, 0) is 70.6 Å². The summed E-state index contributed by atoms with van der Waals surface area (Å²) in [6, 6.07) is 21.2. The topological polar surface area (TPSA) is 106 Å². The van der Waals surface area contributed by atoms with Crippen LogP contribution in [0.4, 0.5) is 0 Å². The van der Waals surface area contributed by atoms with Gasteiger partial charge >= 0.3 is 5.97 Å². The number of nitrogens with one attached hydrogen (secondary N) is 2. The summed E-state index contributed by atoms with van der Waals surface area (Å²) >= 11 is 8.71. The molecule has 5 rings (SSSR count). The van der Waals surface area contributed by atoms with Crippen molar-refractivity contribution < 1.29 is 23.5 Å². The van der Waals surface area contributed by atoms with Crippen LogP contribution in [0.25, 0.3) is 22.0 Å². The number of amides is 1. The molecular formula is C28H19ClIN3O5. The molecule has 0 aliphatic rings. The number of rotatable bonds is 7. The van der Waals surface area contributed by atoms with Crippen molar-refractivity contribution in [3.63, 3.8) is 0 Å². The number of para-hydroxylation sites is 1. The number of furan rings is 1. The molecule has 0 aliphatic carbocycles. The summed E-state index contributed by atoms with van der Waals surface area (Å²) < 4.78 is 16.7. The minimum absolute atomic E-state index is 0.0724. The van der Waals surface area contributed by atoms with E-state index >= 15 is 0 Å². The van der Waals surface area contributed by atoms with Crippen molar-refractivity contribution in [2.75, 3.05) is 7.11 Å². The van der Waals surface area contributed by atoms with Gasteiger partial charge in [-0.15, -0.1) is 0 Å². The van der Waals surface area contributed by atoms with Gasteiger partial charge in [0.25, 0.3) is 5.91 Å². The van der Waals surface area contributed by atoms with Gasteiger partial charge in [0.2, 0.25) is 5.76 Å². The van der Waals surface area contributed by atoms with Crippen LogP contribution in [0.5, 0.6) is 11.5 Å². The van der Waals surface area contributed by atoms with Crippen LogP contribution < -0.4 is 14.9 Å². The Morgan fingerprint density at radius 3 is 2.66 bits per heavy atom. The molecule has 5 aromatic rings. The average molecular weight is 640 g/mol. The maximum atomic E-state index is 13.2. The van der Waals surface area contributed by atoms with Crippen molar-refractivity contribution in [1.82, 2.24) is 10.4 Å². The van der Waals surface area contributed by atoms with Crippen LogP contribution in [0.3, 0.4) is 0 Å². The third-order valence-corrected chi connectivity index (χ3v) is 6.87. The number of hydrogen-bond donors (Lipinski definition) is 2. The summed E-state index contributed by atoms with van der Waals surface area (Å²) in [5, 5.41) is 5.53. The predicted octanol–water partition coefficient (Wildman–Crippen LogP) is 6.68. The average Bonchev–Trinajstić information content (AvgIpc) is 3.59. The Morgan fingerprint density at radius 1 is 1.05 bits per heavy atom. The predicted molar refractivity (Wildman–Crippen MR) is 153 cm³/mol. The third kappa shape index (κ3) is 5.15. The lowest BCUT2D eigenvalue weighted by Gasteiger charge is -2.09. The van der Waals surface area contributed by atoms with Gasteiger partial charge in [0.1, 0.15) is 5.69 Å². The summed E-state index contributed by atoms with van der Waals surface area (Å²) in [7, 11) is 1.45. The first-order chi connectivity index (χ1) is 18.5. The van der Waals surface area contributed by atoms with Gasteiger partial charge in [-0.2, -0.15) is 5.10 Å². The molecule has 2 aromatic heterocycles. The normalized spacial score (nSPS) is 11.1. The molecule has 10 heteroatoms. The molecule has 38 heavy (non-hydrogen) atoms. The fourth-order valence-corrected chi connectivity index (χ4v) is 4.77. The molecule has 2 heterocycles. The monoisotopic (exact) mass is 639 g/mol. The molecular weight excluding hydrogens is 621 g/mol. The van der Waals surface area contributed by atoms with Gasteiger partial charge in [0.15, 0.2) is 11.5 Å². The Bertz CT molecular complexity index is 1680. The second kappa shape index (κ2) is 11.1. The van der Waals surface area contributed by atoms with E-state index in [1.54, 1.807) is 30.3 Å². The van der Waals surface area contributed by atoms with Gasteiger partial charge in [0, 0.05) is 25.1 Å². The van der Waals surface area contributed by atoms with Gasteiger partial charge in [-0.25, -0.2) is 10.2 Å². The summed E-state index contributed by atoms with van der Waals surface area (Å²) in [5.41, 5.74) is 5.79. The quantitative estimate of drug-likeness (QED) is 0.0680. The van der Waals surface area contributed by atoms with Crippen molar-refractivity contribution >= 4 is 63.2 Å². The fourth-order valence-electron chi connectivity index (χ4n) is 3.91. The van der Waals surface area contributed by atoms with Crippen LogP contribution >= 0.6 is 34.2 Å². The number of benzene rings is 3. The minimum Gasteiger partial charge on any atom is -0.493 e. The SMILES string of the molecule is COc1cc(C=NNC(=O)c2[nH]c3c(I)cccc3c2-c2ccccc2Cl)ccc1OC(=O)c1ccco1. The lowest BCUT2D eigenvalue weighted by atomic mass is 10.0. The molecule has 0 radical (unpaired) electrons. The highest BCUT2D eigenvalue weighted by molar-refractivity contribution is 14.1. The van der Waals surface area contributed by atoms with Gasteiger partial charge in [0.05, 0.1) is 25.1 Å². The van der Waals surface area contributed by atoms with Crippen LogP contribution in [0.2, 0.25) is 5.02 Å². The number of hydrazone groups is 1. The van der Waals surface area contributed by atoms with Crippen molar-refractivity contribution in [2.24, 2.45) is 5.10 Å². The van der Waals surface area contributed by atoms with Crippen LogP contribution in [-0.4, -0.2) is 30.2 Å². The highest BCUT2D eigenvalue weighted by Crippen LogP contribution is 2.38. The van der Waals surface area contributed by atoms with Gasteiger partial charge < -0.3 is 18.9 Å². The molecule has 0 saturated carbocycles. The molecule has 0 aliphatic heterocycles. The number of H-pyrrole nitrogens is 1. The van der Waals surface area contributed by atoms with Gasteiger partial charge in [-0.3, -0.25) is 4.79 Å². The molecule has 8 nitrogen and oxygen atoms in total. The summed E-state index contributed by atoms with van der Waals surface area (Å²) in [6.45, 7) is 0. The zero-order valence-electron chi connectivity index (χ0n) is 19.8. The summed E-state index contributed by atoms with van der Waals surface area (Å²) in [4.78, 5) is 28.7. The van der Waals surface area contributed by atoms with Crippen LogP contribution in [0.1, 0.15) is 26.6 Å². The van der Waals surface area contributed by atoms with E-state index in [-0.39, 0.29) is 11.5 Å². The Kier molecular flexibility index (Phi) is 7.47. The molecule has 190 valence electrons. The highest BCUT2D eigenvalue weighted by atomic mass is 127. The number of hydrogen-bond acceptors (Lipinski definition) is 6. The number of nitrogens with zero attached hydrogens (tertiary/aromatic N) is 1. The van der Waals surface area contributed by atoms with E-state index in [0.29, 0.717) is 27.6 Å². The van der Waals surface area contributed by atoms with E-state index in [1.165, 1.54) is 25.7 Å². The Morgan fingerprint density at radius 2 is 1.89 bits per heavy atom. The Balaban J connectivity index is 1.39. The zero-order valence-corrected chi connectivity index (χ0v) is 22.7. The first-order valence-corrected chi connectivity index (χ1v) is 12.7. The van der Waals surface area contributed by atoms with Crippen LogP contribution in [0, 0.1) is 3.57 Å². The Labute approximate surface area is 235 Å². The second-order valence-electron chi connectivity index (χ2n) is 7.99. The van der Waals surface area contributed by atoms with Crippen LogP contribution in [0.15, 0.2) is 88.6 Å². The van der Waals surface area contributed by atoms with E-state index in [2.05, 4.69) is 38.1 Å². The number of esters is 1. The molecule has 0 saturated heterocycles. The smallest absolute Gasteiger partial charge is 0.379 e. The molecule has 1 amide bonds. The van der Waals surface area contributed by atoms with Crippen molar-refractivity contribution in [3.8, 4) is 22.6 Å². The molecule has 0 spiro atoms. The van der Waals surface area contributed by atoms with Crippen molar-refractivity contribution in [3.05, 3.63) is 105 Å². The lowest BCUT2D eigenvalue weighted by molar-refractivity contribution is 0.0696. The molecule has 0 fully saturated rings. The number of methoxy groups -OCH3 is 1. The number of aromatic amines is 1. The maximum Gasteiger partial charge on any atom is 0.379 e. The van der Waals surface area contributed by atoms with E-state index in [1.807, 2.05) is 36.4 Å². The number of halogens is 2. The van der Waals surface area contributed by atoms with E-state index in [9.17, 15) is 9.59 Å². The number of aromatic nitrogens is 1. The van der Waals surface area contributed by atoms with Gasteiger partial charge in [-0.1, -0.05) is 41.9 Å². The molecule has 2 N–H and O–H groups in total. The zero-order chi connectivity index (χ0) is 26.6. The molecule has 3 aromatic carbocycles. The first-order valence-electron chi connectivity index (χ1n) is 11.3. The minimum atomic E-state index is -0.649. The standard InChI is InChI=1S/C28H19ClIN3O5/c1-36-23-14-16(11-12-21(23)38-28(35)22-10-5-13-37-22)15-31-33-27(34)26-24(17-6-2-3-8-19(17)29)18-7-4-9-20(30)25(18)32-26/h2-15,32H,1H3,(H,33,34). The highest BCUT2D eigenvalue weighted by Gasteiger charge is 2.21. The van der Waals surface area contributed by atoms with Crippen LogP contribution in [-0.2, 0) is 0 Å². The third-order valence-electron chi connectivity index (χ3n) is 5.65. The van der Waals surface area contributed by atoms with E-state index in [4.69, 9.17) is 25.5 Å². The summed E-state index contributed by atoms with van der Waals surface area (Å²) in [6.07, 6.45) is 2.84. The first kappa shape index (κ1) is 25.6.